The van der Waals surface area contributed by atoms with Crippen LogP contribution in [0.15, 0.2) is 12.1 Å². The maximum Gasteiger partial charge on any atom is 0.239 e. The highest BCUT2D eigenvalue weighted by molar-refractivity contribution is 7.91. The predicted molar refractivity (Wildman–Crippen MR) is 70.0 cm³/mol. The third-order valence-corrected chi connectivity index (χ3v) is 4.84. The van der Waals surface area contributed by atoms with Gasteiger partial charge in [-0.05, 0) is 18.6 Å². The molecule has 21 heavy (non-hydrogen) atoms. The zero-order valence-corrected chi connectivity index (χ0v) is 11.6. The van der Waals surface area contributed by atoms with E-state index in [4.69, 9.17) is 0 Å². The zero-order chi connectivity index (χ0) is 15.6. The fourth-order valence-electron chi connectivity index (χ4n) is 2.03. The molecule has 0 aliphatic carbocycles. The van der Waals surface area contributed by atoms with Gasteiger partial charge >= 0.3 is 0 Å². The summed E-state index contributed by atoms with van der Waals surface area (Å²) in [6.45, 7) is -0.376. The molecule has 1 heterocycles. The lowest BCUT2D eigenvalue weighted by Crippen LogP contribution is -2.39. The Balaban J connectivity index is 1.89. The van der Waals surface area contributed by atoms with Gasteiger partial charge in [-0.1, -0.05) is 0 Å². The van der Waals surface area contributed by atoms with Gasteiger partial charge in [-0.25, -0.2) is 21.6 Å². The molecule has 1 amide bonds. The van der Waals surface area contributed by atoms with Crippen molar-refractivity contribution in [3.05, 3.63) is 29.6 Å². The van der Waals surface area contributed by atoms with E-state index in [1.165, 1.54) is 0 Å². The topological polar surface area (TPSA) is 75.3 Å². The van der Waals surface area contributed by atoms with E-state index in [0.29, 0.717) is 6.42 Å². The van der Waals surface area contributed by atoms with Crippen molar-refractivity contribution in [1.29, 1.82) is 0 Å². The molecule has 0 spiro atoms. The number of rotatable bonds is 4. The normalized spacial score (nSPS) is 20.2. The summed E-state index contributed by atoms with van der Waals surface area (Å²) in [6, 6.07) is 1.24. The average Bonchev–Trinajstić information content (AvgIpc) is 2.74. The van der Waals surface area contributed by atoms with E-state index >= 15 is 0 Å². The molecule has 1 aliphatic heterocycles. The first kappa shape index (κ1) is 15.6. The summed E-state index contributed by atoms with van der Waals surface area (Å²) < 4.78 is 61.5. The van der Waals surface area contributed by atoms with Crippen LogP contribution in [0.2, 0.25) is 0 Å². The standard InChI is InChI=1S/C12H13F3N2O3S/c13-8-1-2-9(12(15)11(8)14)16-5-10(18)17-7-3-4-21(19,20)6-7/h1-2,7,16H,3-6H2,(H,17,18)/t7-/m0/s1. The van der Waals surface area contributed by atoms with Crippen molar-refractivity contribution in [2.24, 2.45) is 0 Å². The van der Waals surface area contributed by atoms with Crippen LogP contribution in [0, 0.1) is 17.5 Å². The highest BCUT2D eigenvalue weighted by Gasteiger charge is 2.28. The van der Waals surface area contributed by atoms with Gasteiger partial charge in [0.15, 0.2) is 27.3 Å². The summed E-state index contributed by atoms with van der Waals surface area (Å²) in [5, 5.41) is 4.81. The fraction of sp³-hybridized carbons (Fsp3) is 0.417. The molecule has 0 radical (unpaired) electrons. The van der Waals surface area contributed by atoms with Gasteiger partial charge in [-0.15, -0.1) is 0 Å². The zero-order valence-electron chi connectivity index (χ0n) is 10.8. The summed E-state index contributed by atoms with van der Waals surface area (Å²) >= 11 is 0. The number of carbonyl (C=O) groups is 1. The van der Waals surface area contributed by atoms with Crippen molar-refractivity contribution < 1.29 is 26.4 Å². The van der Waals surface area contributed by atoms with Crippen LogP contribution in [-0.4, -0.2) is 38.4 Å². The molecule has 9 heteroatoms. The molecule has 0 bridgehead atoms. The Labute approximate surface area is 119 Å². The molecule has 1 aliphatic rings. The smallest absolute Gasteiger partial charge is 0.239 e. The van der Waals surface area contributed by atoms with Gasteiger partial charge in [0.2, 0.25) is 5.91 Å². The fourth-order valence-corrected chi connectivity index (χ4v) is 3.70. The molecule has 0 aromatic heterocycles. The monoisotopic (exact) mass is 322 g/mol. The molecule has 0 unspecified atom stereocenters. The highest BCUT2D eigenvalue weighted by atomic mass is 32.2. The SMILES string of the molecule is O=C(CNc1ccc(F)c(F)c1F)N[C@H]1CCS(=O)(=O)C1. The quantitative estimate of drug-likeness (QED) is 0.805. The van der Waals surface area contributed by atoms with Crippen molar-refractivity contribution >= 4 is 21.4 Å². The third kappa shape index (κ3) is 3.87. The minimum absolute atomic E-state index is 0.0170. The second kappa shape index (κ2) is 5.92. The maximum atomic E-state index is 13.3. The summed E-state index contributed by atoms with van der Waals surface area (Å²) in [7, 11) is -3.11. The molecule has 1 aromatic carbocycles. The molecule has 0 saturated carbocycles. The summed E-state index contributed by atoms with van der Waals surface area (Å²) in [5.41, 5.74) is -0.344. The van der Waals surface area contributed by atoms with Gasteiger partial charge in [0, 0.05) is 6.04 Å². The van der Waals surface area contributed by atoms with Crippen LogP contribution in [-0.2, 0) is 14.6 Å². The van der Waals surface area contributed by atoms with Crippen molar-refractivity contribution in [3.8, 4) is 0 Å². The molecule has 1 saturated heterocycles. The number of hydrogen-bond donors (Lipinski definition) is 2. The molecule has 2 N–H and O–H groups in total. The van der Waals surface area contributed by atoms with Crippen molar-refractivity contribution in [2.75, 3.05) is 23.4 Å². The highest BCUT2D eigenvalue weighted by Crippen LogP contribution is 2.19. The summed E-state index contributed by atoms with van der Waals surface area (Å²) in [4.78, 5) is 11.6. The van der Waals surface area contributed by atoms with E-state index in [9.17, 15) is 26.4 Å². The Kier molecular flexibility index (Phi) is 4.40. The van der Waals surface area contributed by atoms with Crippen LogP contribution >= 0.6 is 0 Å². The third-order valence-electron chi connectivity index (χ3n) is 3.07. The Morgan fingerprint density at radius 3 is 2.57 bits per heavy atom. The van der Waals surface area contributed by atoms with Gasteiger partial charge in [0.25, 0.3) is 0 Å². The average molecular weight is 322 g/mol. The predicted octanol–water partition coefficient (Wildman–Crippen LogP) is 0.819. The number of halogens is 3. The van der Waals surface area contributed by atoms with Crippen molar-refractivity contribution in [1.82, 2.24) is 5.32 Å². The van der Waals surface area contributed by atoms with Crippen molar-refractivity contribution in [2.45, 2.75) is 12.5 Å². The largest absolute Gasteiger partial charge is 0.374 e. The Morgan fingerprint density at radius 2 is 1.95 bits per heavy atom. The van der Waals surface area contributed by atoms with Crippen LogP contribution < -0.4 is 10.6 Å². The Morgan fingerprint density at radius 1 is 1.24 bits per heavy atom. The molecule has 1 aromatic rings. The molecule has 5 nitrogen and oxygen atoms in total. The first-order valence-electron chi connectivity index (χ1n) is 6.15. The number of anilines is 1. The molecule has 1 atom stereocenters. The first-order valence-corrected chi connectivity index (χ1v) is 7.98. The second-order valence-corrected chi connectivity index (χ2v) is 6.97. The Hall–Kier alpha value is -1.77. The van der Waals surface area contributed by atoms with Gasteiger partial charge in [-0.2, -0.15) is 0 Å². The maximum absolute atomic E-state index is 13.3. The minimum Gasteiger partial charge on any atom is -0.374 e. The number of amides is 1. The van der Waals surface area contributed by atoms with Gasteiger partial charge in [0.1, 0.15) is 0 Å². The van der Waals surface area contributed by atoms with E-state index in [1.807, 2.05) is 0 Å². The lowest BCUT2D eigenvalue weighted by Gasteiger charge is -2.12. The Bertz CT molecular complexity index is 664. The van der Waals surface area contributed by atoms with E-state index in [2.05, 4.69) is 10.6 Å². The second-order valence-electron chi connectivity index (χ2n) is 4.74. The van der Waals surface area contributed by atoms with Crippen molar-refractivity contribution in [3.63, 3.8) is 0 Å². The summed E-state index contributed by atoms with van der Waals surface area (Å²) in [5.74, 6) is -5.02. The van der Waals surface area contributed by atoms with Gasteiger partial charge in [0.05, 0.1) is 23.7 Å². The van der Waals surface area contributed by atoms with Crippen LogP contribution in [0.4, 0.5) is 18.9 Å². The van der Waals surface area contributed by atoms with Crippen LogP contribution in [0.1, 0.15) is 6.42 Å². The first-order chi connectivity index (χ1) is 9.78. The number of sulfone groups is 1. The number of carbonyl (C=O) groups excluding carboxylic acids is 1. The molecule has 2 rings (SSSR count). The van der Waals surface area contributed by atoms with Crippen LogP contribution in [0.3, 0.4) is 0 Å². The van der Waals surface area contributed by atoms with E-state index in [-0.39, 0.29) is 23.7 Å². The minimum atomic E-state index is -3.11. The van der Waals surface area contributed by atoms with Crippen LogP contribution in [0.5, 0.6) is 0 Å². The molecular formula is C12H13F3N2O3S. The lowest BCUT2D eigenvalue weighted by molar-refractivity contribution is -0.119. The molecule has 116 valence electrons. The lowest BCUT2D eigenvalue weighted by atomic mass is 10.2. The number of benzene rings is 1. The van der Waals surface area contributed by atoms with E-state index in [0.717, 1.165) is 12.1 Å². The molecular weight excluding hydrogens is 309 g/mol. The number of nitrogens with one attached hydrogen (secondary N) is 2. The van der Waals surface area contributed by atoms with E-state index in [1.54, 1.807) is 0 Å². The van der Waals surface area contributed by atoms with E-state index < -0.39 is 39.2 Å². The van der Waals surface area contributed by atoms with Gasteiger partial charge in [-0.3, -0.25) is 4.79 Å². The summed E-state index contributed by atoms with van der Waals surface area (Å²) in [6.07, 6.45) is 0.327. The molecule has 1 fully saturated rings. The van der Waals surface area contributed by atoms with Crippen LogP contribution in [0.25, 0.3) is 0 Å². The number of hydrogen-bond acceptors (Lipinski definition) is 4. The van der Waals surface area contributed by atoms with Gasteiger partial charge < -0.3 is 10.6 Å².